The average Bonchev–Trinajstić information content (AvgIpc) is 2.36. The van der Waals surface area contributed by atoms with Gasteiger partial charge < -0.3 is 15.2 Å². The molecule has 2 N–H and O–H groups in total. The summed E-state index contributed by atoms with van der Waals surface area (Å²) in [6.07, 6.45) is -5.67. The van der Waals surface area contributed by atoms with E-state index in [0.717, 1.165) is 0 Å². The van der Waals surface area contributed by atoms with Gasteiger partial charge in [-0.25, -0.2) is 9.59 Å². The van der Waals surface area contributed by atoms with Crippen molar-refractivity contribution in [2.24, 2.45) is 5.73 Å². The first-order chi connectivity index (χ1) is 8.77. The average molecular weight is 279 g/mol. The Kier molecular flexibility index (Phi) is 7.02. The zero-order valence-corrected chi connectivity index (χ0v) is 9.94. The fourth-order valence-electron chi connectivity index (χ4n) is 0.805. The van der Waals surface area contributed by atoms with Crippen LogP contribution in [0.25, 0.3) is 0 Å². The van der Waals surface area contributed by atoms with Gasteiger partial charge in [0.2, 0.25) is 0 Å². The maximum atomic E-state index is 11.7. The summed E-state index contributed by atoms with van der Waals surface area (Å²) in [7, 11) is 1.22. The summed E-state index contributed by atoms with van der Waals surface area (Å²) in [6, 6.07) is 8.16. The summed E-state index contributed by atoms with van der Waals surface area (Å²) in [5.74, 6) is -2.17. The molecular weight excluding hydrogens is 267 g/mol. The number of carbonyl (C=O) groups is 2. The Labute approximate surface area is 107 Å². The molecule has 19 heavy (non-hydrogen) atoms. The van der Waals surface area contributed by atoms with E-state index in [1.165, 1.54) is 7.11 Å². The Balaban J connectivity index is 0.000000555. The zero-order valence-electron chi connectivity index (χ0n) is 9.94. The van der Waals surface area contributed by atoms with Gasteiger partial charge in [0.15, 0.2) is 0 Å². The molecule has 0 aromatic heterocycles. The van der Waals surface area contributed by atoms with Crippen molar-refractivity contribution in [2.75, 3.05) is 7.11 Å². The highest BCUT2D eigenvalue weighted by molar-refractivity contribution is 5.75. The van der Waals surface area contributed by atoms with Crippen molar-refractivity contribution in [3.63, 3.8) is 0 Å². The van der Waals surface area contributed by atoms with Crippen molar-refractivity contribution in [1.82, 2.24) is 0 Å². The van der Waals surface area contributed by atoms with Gasteiger partial charge in [-0.2, -0.15) is 13.2 Å². The van der Waals surface area contributed by atoms with Gasteiger partial charge in [0.1, 0.15) is 6.61 Å². The summed E-state index contributed by atoms with van der Waals surface area (Å²) in [4.78, 5) is 19.7. The first kappa shape index (κ1) is 16.8. The summed E-state index contributed by atoms with van der Waals surface area (Å²) in [5, 5.41) is 0. The van der Waals surface area contributed by atoms with Gasteiger partial charge in [-0.3, -0.25) is 0 Å². The van der Waals surface area contributed by atoms with E-state index >= 15 is 0 Å². The normalized spacial score (nSPS) is 9.89. The molecule has 0 spiro atoms. The van der Waals surface area contributed by atoms with E-state index in [1.807, 2.05) is 0 Å². The van der Waals surface area contributed by atoms with Gasteiger partial charge in [0.25, 0.3) is 0 Å². The van der Waals surface area contributed by atoms with Crippen LogP contribution in [-0.4, -0.2) is 25.3 Å². The molecule has 0 aliphatic rings. The van der Waals surface area contributed by atoms with Crippen LogP contribution in [0.15, 0.2) is 30.3 Å². The first-order valence-electron chi connectivity index (χ1n) is 4.88. The second-order valence-corrected chi connectivity index (χ2v) is 3.08. The molecule has 5 nitrogen and oxygen atoms in total. The summed E-state index contributed by atoms with van der Waals surface area (Å²) in [6.45, 7) is -0.362. The quantitative estimate of drug-likeness (QED) is 0.840. The third-order valence-electron chi connectivity index (χ3n) is 1.65. The number of ether oxygens (including phenoxy) is 2. The molecule has 106 valence electrons. The van der Waals surface area contributed by atoms with Crippen molar-refractivity contribution in [3.05, 3.63) is 35.9 Å². The van der Waals surface area contributed by atoms with E-state index in [-0.39, 0.29) is 6.61 Å². The molecule has 1 aromatic rings. The van der Waals surface area contributed by atoms with E-state index in [0.29, 0.717) is 5.56 Å². The number of primary amides is 1. The van der Waals surface area contributed by atoms with Crippen LogP contribution in [0.5, 0.6) is 0 Å². The van der Waals surface area contributed by atoms with Crippen molar-refractivity contribution in [3.8, 4) is 0 Å². The van der Waals surface area contributed by atoms with Gasteiger partial charge >= 0.3 is 18.2 Å². The highest BCUT2D eigenvalue weighted by atomic mass is 19.4. The third-order valence-corrected chi connectivity index (χ3v) is 1.65. The minimum Gasteiger partial charge on any atom is -0.454 e. The van der Waals surface area contributed by atoms with Crippen molar-refractivity contribution < 1.29 is 32.2 Å². The second kappa shape index (κ2) is 7.96. The van der Waals surface area contributed by atoms with E-state index in [4.69, 9.17) is 0 Å². The first-order valence-corrected chi connectivity index (χ1v) is 4.88. The number of rotatable bonds is 2. The smallest absolute Gasteiger partial charge is 0.454 e. The van der Waals surface area contributed by atoms with Crippen molar-refractivity contribution in [1.29, 1.82) is 0 Å². The van der Waals surface area contributed by atoms with Gasteiger partial charge in [-0.15, -0.1) is 0 Å². The molecule has 0 saturated heterocycles. The lowest BCUT2D eigenvalue weighted by Crippen LogP contribution is -2.25. The highest BCUT2D eigenvalue weighted by Gasteiger charge is 2.40. The van der Waals surface area contributed by atoms with Crippen LogP contribution >= 0.6 is 0 Å². The standard InChI is InChI=1S/C9H7F3O2.C2H5NO2/c10-9(11,12)8(13)14-6-7-4-2-1-3-5-7;1-5-2(3)4/h1-5H,6H2;1H3,(H2,3,4). The molecule has 0 bridgehead atoms. The molecule has 8 heteroatoms. The van der Waals surface area contributed by atoms with Gasteiger partial charge in [-0.1, -0.05) is 30.3 Å². The van der Waals surface area contributed by atoms with E-state index in [2.05, 4.69) is 15.2 Å². The number of methoxy groups -OCH3 is 1. The van der Waals surface area contributed by atoms with E-state index in [9.17, 15) is 22.8 Å². The molecule has 0 heterocycles. The van der Waals surface area contributed by atoms with Gasteiger partial charge in [-0.05, 0) is 5.56 Å². The number of alkyl halides is 3. The van der Waals surface area contributed by atoms with Crippen LogP contribution in [-0.2, 0) is 20.9 Å². The number of esters is 1. The van der Waals surface area contributed by atoms with Crippen LogP contribution in [0, 0.1) is 0 Å². The third kappa shape index (κ3) is 8.47. The number of hydrogen-bond donors (Lipinski definition) is 1. The lowest BCUT2D eigenvalue weighted by molar-refractivity contribution is -0.201. The van der Waals surface area contributed by atoms with Gasteiger partial charge in [0, 0.05) is 0 Å². The molecule has 1 aromatic carbocycles. The predicted octanol–water partition coefficient (Wildman–Crippen LogP) is 2.00. The van der Waals surface area contributed by atoms with Crippen LogP contribution in [0.2, 0.25) is 0 Å². The number of benzene rings is 1. The summed E-state index contributed by atoms with van der Waals surface area (Å²) in [5.41, 5.74) is 4.95. The van der Waals surface area contributed by atoms with Crippen LogP contribution < -0.4 is 5.73 Å². The van der Waals surface area contributed by atoms with E-state index < -0.39 is 18.2 Å². The molecule has 0 unspecified atom stereocenters. The molecule has 0 atom stereocenters. The number of amides is 1. The Morgan fingerprint density at radius 1 is 1.21 bits per heavy atom. The molecule has 0 aliphatic heterocycles. The maximum Gasteiger partial charge on any atom is 0.490 e. The molecule has 0 saturated carbocycles. The lowest BCUT2D eigenvalue weighted by Gasteiger charge is -2.06. The molecule has 1 amide bonds. The molecule has 0 aliphatic carbocycles. The predicted molar refractivity (Wildman–Crippen MR) is 58.9 cm³/mol. The number of halogens is 3. The van der Waals surface area contributed by atoms with Crippen LogP contribution in [0.1, 0.15) is 5.56 Å². The Morgan fingerprint density at radius 3 is 2.05 bits per heavy atom. The minimum atomic E-state index is -4.92. The van der Waals surface area contributed by atoms with Crippen molar-refractivity contribution >= 4 is 12.1 Å². The van der Waals surface area contributed by atoms with Gasteiger partial charge in [0.05, 0.1) is 7.11 Å². The Bertz CT molecular complexity index is 406. The van der Waals surface area contributed by atoms with E-state index in [1.54, 1.807) is 30.3 Å². The second-order valence-electron chi connectivity index (χ2n) is 3.08. The Morgan fingerprint density at radius 2 is 1.68 bits per heavy atom. The molecule has 0 radical (unpaired) electrons. The summed E-state index contributed by atoms with van der Waals surface area (Å²) >= 11 is 0. The summed E-state index contributed by atoms with van der Waals surface area (Å²) < 4.78 is 42.9. The lowest BCUT2D eigenvalue weighted by atomic mass is 10.2. The molecule has 0 fully saturated rings. The topological polar surface area (TPSA) is 78.6 Å². The van der Waals surface area contributed by atoms with Crippen LogP contribution in [0.3, 0.4) is 0 Å². The number of hydrogen-bond acceptors (Lipinski definition) is 4. The highest BCUT2D eigenvalue weighted by Crippen LogP contribution is 2.17. The molecule has 1 rings (SSSR count). The molecular formula is C11H12F3NO4. The van der Waals surface area contributed by atoms with Crippen molar-refractivity contribution in [2.45, 2.75) is 12.8 Å². The fraction of sp³-hybridized carbons (Fsp3) is 0.273. The monoisotopic (exact) mass is 279 g/mol. The largest absolute Gasteiger partial charge is 0.490 e. The Hall–Kier alpha value is -2.25. The minimum absolute atomic E-state index is 0.362. The van der Waals surface area contributed by atoms with Crippen LogP contribution in [0.4, 0.5) is 18.0 Å². The number of carbonyl (C=O) groups excluding carboxylic acids is 2. The SMILES string of the molecule is COC(N)=O.O=C(OCc1ccccc1)C(F)(F)F. The number of nitrogens with two attached hydrogens (primary N) is 1. The fourth-order valence-corrected chi connectivity index (χ4v) is 0.805. The zero-order chi connectivity index (χ0) is 14.9. The maximum absolute atomic E-state index is 11.7.